The molecule has 0 spiro atoms. The van der Waals surface area contributed by atoms with Crippen molar-refractivity contribution in [2.45, 2.75) is 33.7 Å². The van der Waals surface area contributed by atoms with E-state index in [2.05, 4.69) is 46.1 Å². The van der Waals surface area contributed by atoms with Gasteiger partial charge in [0.05, 0.1) is 18.7 Å². The van der Waals surface area contributed by atoms with Gasteiger partial charge < -0.3 is 10.2 Å². The monoisotopic (exact) mass is 336 g/mol. The predicted molar refractivity (Wildman–Crippen MR) is 91.6 cm³/mol. The predicted octanol–water partition coefficient (Wildman–Crippen LogP) is 1.58. The smallest absolute Gasteiger partial charge is 0.226 e. The van der Waals surface area contributed by atoms with E-state index in [9.17, 15) is 4.79 Å². The third-order valence-electron chi connectivity index (χ3n) is 3.25. The highest BCUT2D eigenvalue weighted by atomic mass is 32.1. The zero-order valence-electron chi connectivity index (χ0n) is 13.9. The Labute approximate surface area is 140 Å². The molecule has 126 valence electrons. The van der Waals surface area contributed by atoms with Crippen LogP contribution in [0.5, 0.6) is 0 Å². The van der Waals surface area contributed by atoms with Crippen molar-refractivity contribution >= 4 is 22.4 Å². The highest BCUT2D eigenvalue weighted by molar-refractivity contribution is 7.13. The van der Waals surface area contributed by atoms with Crippen molar-refractivity contribution in [2.75, 3.05) is 24.5 Å². The molecule has 1 N–H and O–H groups in total. The van der Waals surface area contributed by atoms with Crippen LogP contribution in [0.15, 0.2) is 18.0 Å². The molecular weight excluding hydrogens is 312 g/mol. The SMILES string of the molecule is CCN(CC(C)C)c1nc(CC(=O)NCCn2cncn2)cs1. The molecule has 2 aromatic rings. The molecule has 0 bridgehead atoms. The van der Waals surface area contributed by atoms with Crippen LogP contribution in [0, 0.1) is 5.92 Å². The van der Waals surface area contributed by atoms with Crippen LogP contribution in [0.1, 0.15) is 26.5 Å². The van der Waals surface area contributed by atoms with Gasteiger partial charge in [-0.15, -0.1) is 11.3 Å². The van der Waals surface area contributed by atoms with Gasteiger partial charge in [0.1, 0.15) is 12.7 Å². The molecule has 7 nitrogen and oxygen atoms in total. The third-order valence-corrected chi connectivity index (χ3v) is 4.20. The van der Waals surface area contributed by atoms with E-state index in [-0.39, 0.29) is 5.91 Å². The van der Waals surface area contributed by atoms with Gasteiger partial charge in [-0.25, -0.2) is 9.97 Å². The molecule has 2 aromatic heterocycles. The van der Waals surface area contributed by atoms with Gasteiger partial charge in [-0.2, -0.15) is 5.10 Å². The summed E-state index contributed by atoms with van der Waals surface area (Å²) in [5, 5.41) is 9.83. The molecule has 8 heteroatoms. The highest BCUT2D eigenvalue weighted by Gasteiger charge is 2.13. The number of thiazole rings is 1. The van der Waals surface area contributed by atoms with E-state index in [0.717, 1.165) is 23.9 Å². The molecule has 2 heterocycles. The van der Waals surface area contributed by atoms with Crippen molar-refractivity contribution in [3.8, 4) is 0 Å². The molecule has 0 radical (unpaired) electrons. The van der Waals surface area contributed by atoms with Crippen molar-refractivity contribution in [1.29, 1.82) is 0 Å². The van der Waals surface area contributed by atoms with Crippen LogP contribution in [-0.2, 0) is 17.8 Å². The molecule has 1 amide bonds. The molecule has 0 saturated heterocycles. The normalized spacial score (nSPS) is 11.0. The number of hydrogen-bond donors (Lipinski definition) is 1. The van der Waals surface area contributed by atoms with E-state index >= 15 is 0 Å². The Balaban J connectivity index is 1.79. The highest BCUT2D eigenvalue weighted by Crippen LogP contribution is 2.21. The second kappa shape index (κ2) is 8.61. The van der Waals surface area contributed by atoms with Gasteiger partial charge in [-0.1, -0.05) is 13.8 Å². The Kier molecular flexibility index (Phi) is 6.52. The maximum absolute atomic E-state index is 12.0. The molecule has 0 aliphatic rings. The van der Waals surface area contributed by atoms with Crippen molar-refractivity contribution in [3.63, 3.8) is 0 Å². The summed E-state index contributed by atoms with van der Waals surface area (Å²) in [7, 11) is 0. The minimum atomic E-state index is -0.0196. The molecule has 0 aliphatic carbocycles. The fourth-order valence-electron chi connectivity index (χ4n) is 2.19. The average molecular weight is 336 g/mol. The summed E-state index contributed by atoms with van der Waals surface area (Å²) in [5.41, 5.74) is 0.825. The second-order valence-corrected chi connectivity index (χ2v) is 6.58. The van der Waals surface area contributed by atoms with Crippen LogP contribution >= 0.6 is 11.3 Å². The molecule has 0 fully saturated rings. The first-order valence-corrected chi connectivity index (χ1v) is 8.75. The largest absolute Gasteiger partial charge is 0.354 e. The van der Waals surface area contributed by atoms with Crippen LogP contribution in [-0.4, -0.2) is 45.3 Å². The van der Waals surface area contributed by atoms with Gasteiger partial charge in [0.2, 0.25) is 5.91 Å². The van der Waals surface area contributed by atoms with E-state index in [1.54, 1.807) is 22.3 Å². The Morgan fingerprint density at radius 1 is 1.48 bits per heavy atom. The van der Waals surface area contributed by atoms with Crippen molar-refractivity contribution in [2.24, 2.45) is 5.92 Å². The van der Waals surface area contributed by atoms with E-state index in [1.807, 2.05) is 5.38 Å². The number of aromatic nitrogens is 4. The lowest BCUT2D eigenvalue weighted by Gasteiger charge is -2.21. The van der Waals surface area contributed by atoms with E-state index in [4.69, 9.17) is 0 Å². The number of carbonyl (C=O) groups is 1. The summed E-state index contributed by atoms with van der Waals surface area (Å²) in [5.74, 6) is 0.566. The lowest BCUT2D eigenvalue weighted by molar-refractivity contribution is -0.120. The second-order valence-electron chi connectivity index (χ2n) is 5.74. The Bertz CT molecular complexity index is 595. The number of carbonyl (C=O) groups excluding carboxylic acids is 1. The van der Waals surface area contributed by atoms with Crippen LogP contribution in [0.25, 0.3) is 0 Å². The third kappa shape index (κ3) is 5.63. The van der Waals surface area contributed by atoms with Crippen LogP contribution in [0.3, 0.4) is 0 Å². The number of rotatable bonds is 9. The summed E-state index contributed by atoms with van der Waals surface area (Å²) >= 11 is 1.60. The fourth-order valence-corrected chi connectivity index (χ4v) is 3.09. The maximum Gasteiger partial charge on any atom is 0.226 e. The lowest BCUT2D eigenvalue weighted by Crippen LogP contribution is -2.29. The van der Waals surface area contributed by atoms with Crippen LogP contribution in [0.2, 0.25) is 0 Å². The van der Waals surface area contributed by atoms with Gasteiger partial charge >= 0.3 is 0 Å². The van der Waals surface area contributed by atoms with E-state index < -0.39 is 0 Å². The first-order chi connectivity index (χ1) is 11.1. The van der Waals surface area contributed by atoms with E-state index in [0.29, 0.717) is 25.4 Å². The van der Waals surface area contributed by atoms with Crippen molar-refractivity contribution in [1.82, 2.24) is 25.1 Å². The van der Waals surface area contributed by atoms with Crippen molar-refractivity contribution in [3.05, 3.63) is 23.7 Å². The zero-order valence-corrected chi connectivity index (χ0v) is 14.7. The molecule has 0 saturated carbocycles. The standard InChI is InChI=1S/C15H24N6OS/c1-4-20(8-12(2)3)15-19-13(9-23-15)7-14(22)17-5-6-21-11-16-10-18-21/h9-12H,4-8H2,1-3H3,(H,17,22). The van der Waals surface area contributed by atoms with Crippen LogP contribution < -0.4 is 10.2 Å². The minimum Gasteiger partial charge on any atom is -0.354 e. The van der Waals surface area contributed by atoms with Crippen molar-refractivity contribution < 1.29 is 4.79 Å². The summed E-state index contributed by atoms with van der Waals surface area (Å²) < 4.78 is 1.69. The fraction of sp³-hybridized carbons (Fsp3) is 0.600. The van der Waals surface area contributed by atoms with Gasteiger partial charge in [0.15, 0.2) is 5.13 Å². The summed E-state index contributed by atoms with van der Waals surface area (Å²) in [6.45, 7) is 9.57. The Morgan fingerprint density at radius 3 is 2.96 bits per heavy atom. The Morgan fingerprint density at radius 2 is 2.30 bits per heavy atom. The minimum absolute atomic E-state index is 0.0196. The molecule has 2 rings (SSSR count). The average Bonchev–Trinajstić information content (AvgIpc) is 3.16. The first-order valence-electron chi connectivity index (χ1n) is 7.87. The molecule has 23 heavy (non-hydrogen) atoms. The molecule has 0 unspecified atom stereocenters. The molecule has 0 aromatic carbocycles. The first kappa shape index (κ1) is 17.4. The van der Waals surface area contributed by atoms with E-state index in [1.165, 1.54) is 6.33 Å². The molecular formula is C15H24N6OS. The summed E-state index contributed by atoms with van der Waals surface area (Å²) in [4.78, 5) is 22.7. The molecule has 0 aliphatic heterocycles. The number of nitrogens with one attached hydrogen (secondary N) is 1. The maximum atomic E-state index is 12.0. The number of nitrogens with zero attached hydrogens (tertiary/aromatic N) is 5. The van der Waals surface area contributed by atoms with Crippen LogP contribution in [0.4, 0.5) is 5.13 Å². The van der Waals surface area contributed by atoms with Gasteiger partial charge in [-0.3, -0.25) is 9.48 Å². The molecule has 0 atom stereocenters. The van der Waals surface area contributed by atoms with Gasteiger partial charge in [-0.05, 0) is 12.8 Å². The zero-order chi connectivity index (χ0) is 16.7. The van der Waals surface area contributed by atoms with Gasteiger partial charge in [0.25, 0.3) is 0 Å². The number of amides is 1. The lowest BCUT2D eigenvalue weighted by atomic mass is 10.2. The number of anilines is 1. The topological polar surface area (TPSA) is 75.9 Å². The van der Waals surface area contributed by atoms with Gasteiger partial charge in [0, 0.05) is 25.0 Å². The quantitative estimate of drug-likeness (QED) is 0.752. The Hall–Kier alpha value is -1.96. The summed E-state index contributed by atoms with van der Waals surface area (Å²) in [6, 6.07) is 0. The number of hydrogen-bond acceptors (Lipinski definition) is 6. The summed E-state index contributed by atoms with van der Waals surface area (Å²) in [6.07, 6.45) is 3.43.